The molecule has 1 aliphatic rings. The second kappa shape index (κ2) is 12.6. The minimum atomic E-state index is -0.442. The maximum atomic E-state index is 7.31. The lowest BCUT2D eigenvalue weighted by atomic mass is 10.1. The van der Waals surface area contributed by atoms with Crippen LogP contribution in [-0.2, 0) is 0 Å². The van der Waals surface area contributed by atoms with Crippen LogP contribution < -0.4 is 10.6 Å². The number of aliphatic imine (C=N–C) groups is 1. The number of nitrogens with zero attached hydrogens (tertiary/aromatic N) is 3. The Hall–Kier alpha value is -7.41. The number of para-hydroxylation sites is 2. The first-order valence-electron chi connectivity index (χ1n) is 19.5. The number of hydrogen-bond donors (Lipinski definition) is 2. The zero-order chi connectivity index (χ0) is 37.5. The predicted molar refractivity (Wildman–Crippen MR) is 234 cm³/mol. The van der Waals surface area contributed by atoms with Crippen LogP contribution in [0.4, 0.5) is 0 Å². The van der Waals surface area contributed by atoms with E-state index in [0.717, 1.165) is 82.8 Å². The molecule has 0 saturated heterocycles. The molecule has 6 nitrogen and oxygen atoms in total. The van der Waals surface area contributed by atoms with Gasteiger partial charge in [0.2, 0.25) is 0 Å². The van der Waals surface area contributed by atoms with E-state index < -0.39 is 6.29 Å². The monoisotopic (exact) mass is 733 g/mol. The third-order valence-electron chi connectivity index (χ3n) is 11.6. The molecule has 6 heteroatoms. The first-order chi connectivity index (χ1) is 28.3. The molecule has 8 aromatic carbocycles. The molecule has 0 radical (unpaired) electrons. The molecule has 12 rings (SSSR count). The van der Waals surface area contributed by atoms with Gasteiger partial charge in [-0.15, -0.1) is 0 Å². The van der Waals surface area contributed by atoms with Crippen molar-refractivity contribution >= 4 is 71.4 Å². The zero-order valence-corrected chi connectivity index (χ0v) is 30.8. The van der Waals surface area contributed by atoms with Crippen LogP contribution in [0.15, 0.2) is 197 Å². The Labute approximate surface area is 327 Å². The van der Waals surface area contributed by atoms with E-state index in [1.807, 2.05) is 6.07 Å². The first kappa shape index (κ1) is 31.9. The lowest BCUT2D eigenvalue weighted by Gasteiger charge is -2.33. The summed E-state index contributed by atoms with van der Waals surface area (Å²) in [6, 6.07) is 66.6. The summed E-state index contributed by atoms with van der Waals surface area (Å²) < 4.78 is 12.0. The van der Waals surface area contributed by atoms with Gasteiger partial charge in [-0.3, -0.25) is 5.32 Å². The molecule has 0 bridgehead atoms. The van der Waals surface area contributed by atoms with E-state index in [4.69, 9.17) is 9.41 Å². The maximum Gasteiger partial charge on any atom is 0.184 e. The third-order valence-corrected chi connectivity index (χ3v) is 11.6. The Morgan fingerprint density at radius 3 is 1.67 bits per heavy atom. The van der Waals surface area contributed by atoms with Gasteiger partial charge in [-0.05, 0) is 53.1 Å². The van der Waals surface area contributed by atoms with Gasteiger partial charge in [0.05, 0.1) is 22.1 Å². The molecule has 0 amide bonds. The van der Waals surface area contributed by atoms with Crippen LogP contribution in [-0.4, -0.2) is 15.0 Å². The fraction of sp³-hybridized carbons (Fsp3) is 0.0392. The summed E-state index contributed by atoms with van der Waals surface area (Å²) in [7, 11) is 0. The summed E-state index contributed by atoms with van der Waals surface area (Å²) in [5, 5.41) is 14.3. The number of nitrogens with one attached hydrogen (secondary N) is 2. The Bertz CT molecular complexity index is 3340. The molecular weight excluding hydrogens is 699 g/mol. The summed E-state index contributed by atoms with van der Waals surface area (Å²) in [6.45, 7) is 0. The fourth-order valence-electron chi connectivity index (χ4n) is 9.01. The van der Waals surface area contributed by atoms with Gasteiger partial charge in [-0.2, -0.15) is 0 Å². The number of aromatic nitrogens is 2. The average molecular weight is 734 g/mol. The minimum Gasteiger partial charge on any atom is -0.452 e. The van der Waals surface area contributed by atoms with Gasteiger partial charge >= 0.3 is 0 Å². The Kier molecular flexibility index (Phi) is 7.03. The summed E-state index contributed by atoms with van der Waals surface area (Å²) in [6.07, 6.45) is -0.624. The topological polar surface area (TPSA) is 59.4 Å². The smallest absolute Gasteiger partial charge is 0.184 e. The van der Waals surface area contributed by atoms with E-state index in [9.17, 15) is 0 Å². The molecule has 2 unspecified atom stereocenters. The summed E-state index contributed by atoms with van der Waals surface area (Å²) in [5.41, 5.74) is 11.6. The SMILES string of the molecule is c1ccc(C2=NC(n3c4ccccc4c4ccc5c6ccc7c8ccccc8n(-c8ccc(-c9ccccc9)cc8)c7c6oc5c43)NC(c3ccccc3)N2)cc1. The predicted octanol–water partition coefficient (Wildman–Crippen LogP) is 12.3. The van der Waals surface area contributed by atoms with Crippen molar-refractivity contribution < 1.29 is 4.42 Å². The van der Waals surface area contributed by atoms with Crippen LogP contribution >= 0.6 is 0 Å². The molecule has 57 heavy (non-hydrogen) atoms. The molecule has 11 aromatic rings. The van der Waals surface area contributed by atoms with Gasteiger partial charge < -0.3 is 18.9 Å². The lowest BCUT2D eigenvalue weighted by molar-refractivity contribution is 0.341. The number of amidine groups is 1. The number of rotatable bonds is 5. The number of benzene rings is 8. The van der Waals surface area contributed by atoms with E-state index in [1.165, 1.54) is 16.5 Å². The van der Waals surface area contributed by atoms with Crippen LogP contribution in [0.25, 0.3) is 82.4 Å². The summed E-state index contributed by atoms with van der Waals surface area (Å²) >= 11 is 0. The van der Waals surface area contributed by atoms with Gasteiger partial charge in [0.15, 0.2) is 17.5 Å². The Morgan fingerprint density at radius 1 is 0.439 bits per heavy atom. The van der Waals surface area contributed by atoms with E-state index in [1.54, 1.807) is 0 Å². The third kappa shape index (κ3) is 4.91. The van der Waals surface area contributed by atoms with Gasteiger partial charge in [0.1, 0.15) is 12.0 Å². The minimum absolute atomic E-state index is 0.182. The van der Waals surface area contributed by atoms with Gasteiger partial charge in [-0.25, -0.2) is 4.99 Å². The van der Waals surface area contributed by atoms with Crippen LogP contribution in [0, 0.1) is 0 Å². The first-order valence-corrected chi connectivity index (χ1v) is 19.5. The number of fused-ring (bicyclic) bond motifs is 11. The van der Waals surface area contributed by atoms with Crippen molar-refractivity contribution in [2.75, 3.05) is 0 Å². The van der Waals surface area contributed by atoms with Gasteiger partial charge in [0.25, 0.3) is 0 Å². The van der Waals surface area contributed by atoms with Gasteiger partial charge in [-0.1, -0.05) is 152 Å². The molecule has 0 saturated carbocycles. The number of furan rings is 1. The highest BCUT2D eigenvalue weighted by molar-refractivity contribution is 6.26. The highest BCUT2D eigenvalue weighted by atomic mass is 16.3. The molecule has 1 aliphatic heterocycles. The molecule has 270 valence electrons. The normalized spacial score (nSPS) is 15.9. The Balaban J connectivity index is 1.13. The van der Waals surface area contributed by atoms with Crippen LogP contribution in [0.3, 0.4) is 0 Å². The van der Waals surface area contributed by atoms with E-state index in [-0.39, 0.29) is 6.17 Å². The number of hydrogen-bond acceptors (Lipinski definition) is 4. The van der Waals surface area contributed by atoms with Crippen molar-refractivity contribution in [3.05, 3.63) is 199 Å². The second-order valence-electron chi connectivity index (χ2n) is 14.8. The van der Waals surface area contributed by atoms with Gasteiger partial charge in [0, 0.05) is 43.6 Å². The molecular formula is C51H35N5O. The van der Waals surface area contributed by atoms with Crippen molar-refractivity contribution in [3.63, 3.8) is 0 Å². The lowest BCUT2D eigenvalue weighted by Crippen LogP contribution is -2.46. The summed E-state index contributed by atoms with van der Waals surface area (Å²) in [5.74, 6) is 0.834. The molecule has 4 heterocycles. The molecule has 0 fully saturated rings. The van der Waals surface area contributed by atoms with E-state index in [2.05, 4.69) is 202 Å². The van der Waals surface area contributed by atoms with Crippen molar-refractivity contribution in [3.8, 4) is 16.8 Å². The van der Waals surface area contributed by atoms with Crippen molar-refractivity contribution in [1.29, 1.82) is 0 Å². The standard InChI is InChI=1S/C51H35N5O/c1-4-14-32(15-5-1)33-24-26-36(27-25-33)55-43-22-12-10-20-37(43)39-28-30-41-42-31-29-40-38-21-11-13-23-44(38)56(46(40)48(42)57-47(41)45(39)55)51-53-49(34-16-6-2-7-17-34)52-50(54-51)35-18-8-3-9-19-35/h1-31,49,51,53H,(H,52,54). The molecule has 2 atom stereocenters. The highest BCUT2D eigenvalue weighted by Gasteiger charge is 2.30. The van der Waals surface area contributed by atoms with Crippen molar-refractivity contribution in [2.24, 2.45) is 4.99 Å². The van der Waals surface area contributed by atoms with Crippen LogP contribution in [0.1, 0.15) is 23.6 Å². The average Bonchev–Trinajstić information content (AvgIpc) is 3.95. The molecule has 0 aliphatic carbocycles. The van der Waals surface area contributed by atoms with Crippen molar-refractivity contribution in [2.45, 2.75) is 12.5 Å². The van der Waals surface area contributed by atoms with E-state index >= 15 is 0 Å². The largest absolute Gasteiger partial charge is 0.452 e. The van der Waals surface area contributed by atoms with Crippen LogP contribution in [0.2, 0.25) is 0 Å². The molecule has 0 spiro atoms. The van der Waals surface area contributed by atoms with Crippen LogP contribution in [0.5, 0.6) is 0 Å². The fourth-order valence-corrected chi connectivity index (χ4v) is 9.01. The second-order valence-corrected chi connectivity index (χ2v) is 14.8. The zero-order valence-electron chi connectivity index (χ0n) is 30.8. The quantitative estimate of drug-likeness (QED) is 0.185. The Morgan fingerprint density at radius 2 is 0.965 bits per heavy atom. The highest BCUT2D eigenvalue weighted by Crippen LogP contribution is 2.44. The molecule has 3 aromatic heterocycles. The summed E-state index contributed by atoms with van der Waals surface area (Å²) in [4.78, 5) is 5.40. The van der Waals surface area contributed by atoms with E-state index in [0.29, 0.717) is 0 Å². The molecule has 2 N–H and O–H groups in total. The van der Waals surface area contributed by atoms with Crippen molar-refractivity contribution in [1.82, 2.24) is 19.8 Å². The maximum absolute atomic E-state index is 7.31.